The topological polar surface area (TPSA) is 83.1 Å². The highest BCUT2D eigenvalue weighted by molar-refractivity contribution is 5.87. The van der Waals surface area contributed by atoms with Crippen LogP contribution in [0.25, 0.3) is 10.8 Å². The summed E-state index contributed by atoms with van der Waals surface area (Å²) < 4.78 is 21.1. The van der Waals surface area contributed by atoms with E-state index in [1.165, 1.54) is 21.3 Å². The van der Waals surface area contributed by atoms with E-state index in [2.05, 4.69) is 5.32 Å². The molecule has 0 bridgehead atoms. The van der Waals surface area contributed by atoms with E-state index in [9.17, 15) is 9.59 Å². The fraction of sp³-hybridized carbons (Fsp3) is 0.308. The predicted octanol–water partition coefficient (Wildman–Crippen LogP) is 4.22. The zero-order valence-electron chi connectivity index (χ0n) is 19.3. The van der Waals surface area contributed by atoms with E-state index in [4.69, 9.17) is 18.9 Å². The molecule has 0 aliphatic heterocycles. The van der Waals surface area contributed by atoms with Gasteiger partial charge in [-0.15, -0.1) is 0 Å². The van der Waals surface area contributed by atoms with Gasteiger partial charge in [-0.3, -0.25) is 9.59 Å². The van der Waals surface area contributed by atoms with Gasteiger partial charge >= 0.3 is 5.97 Å². The monoisotopic (exact) mass is 451 g/mol. The van der Waals surface area contributed by atoms with Crippen molar-refractivity contribution < 1.29 is 28.5 Å². The van der Waals surface area contributed by atoms with Gasteiger partial charge in [0, 0.05) is 6.42 Å². The van der Waals surface area contributed by atoms with Gasteiger partial charge in [0.05, 0.1) is 27.4 Å². The Balaban J connectivity index is 1.52. The molecule has 0 fully saturated rings. The third kappa shape index (κ3) is 5.94. The first-order valence-corrected chi connectivity index (χ1v) is 10.7. The van der Waals surface area contributed by atoms with Crippen LogP contribution < -0.4 is 19.5 Å². The van der Waals surface area contributed by atoms with E-state index in [-0.39, 0.29) is 25.0 Å². The van der Waals surface area contributed by atoms with Gasteiger partial charge in [-0.2, -0.15) is 0 Å². The molecular formula is C26H29NO6. The number of fused-ring (bicyclic) bond motifs is 1. The number of hydrogen-bond acceptors (Lipinski definition) is 6. The molecule has 1 amide bonds. The van der Waals surface area contributed by atoms with Crippen molar-refractivity contribution in [2.24, 2.45) is 0 Å². The first-order valence-electron chi connectivity index (χ1n) is 10.7. The largest absolute Gasteiger partial charge is 0.493 e. The molecular weight excluding hydrogens is 422 g/mol. The highest BCUT2D eigenvalue weighted by atomic mass is 16.5. The minimum atomic E-state index is -0.461. The average molecular weight is 452 g/mol. The van der Waals surface area contributed by atoms with Crippen LogP contribution in [0.3, 0.4) is 0 Å². The summed E-state index contributed by atoms with van der Waals surface area (Å²) in [6.07, 6.45) is 0.522. The second kappa shape index (κ2) is 11.2. The minimum Gasteiger partial charge on any atom is -0.493 e. The molecule has 0 heterocycles. The van der Waals surface area contributed by atoms with Crippen LogP contribution >= 0.6 is 0 Å². The van der Waals surface area contributed by atoms with Crippen molar-refractivity contribution in [2.75, 3.05) is 27.9 Å². The Morgan fingerprint density at radius 1 is 0.909 bits per heavy atom. The normalized spacial score (nSPS) is 11.5. The van der Waals surface area contributed by atoms with Crippen LogP contribution in [0.15, 0.2) is 54.6 Å². The number of hydrogen-bond donors (Lipinski definition) is 1. The van der Waals surface area contributed by atoms with Crippen LogP contribution in [0.1, 0.15) is 30.5 Å². The fourth-order valence-corrected chi connectivity index (χ4v) is 3.73. The molecule has 0 aromatic heterocycles. The van der Waals surface area contributed by atoms with Crippen LogP contribution in [-0.2, 0) is 20.7 Å². The van der Waals surface area contributed by atoms with Crippen molar-refractivity contribution in [2.45, 2.75) is 25.8 Å². The summed E-state index contributed by atoms with van der Waals surface area (Å²) in [7, 11) is 4.60. The number of nitrogens with one attached hydrogen (secondary N) is 1. The lowest BCUT2D eigenvalue weighted by Crippen LogP contribution is -2.31. The number of aryl methyl sites for hydroxylation is 1. The van der Waals surface area contributed by atoms with E-state index in [0.29, 0.717) is 23.7 Å². The smallest absolute Gasteiger partial charge is 0.306 e. The molecule has 3 aromatic carbocycles. The number of benzene rings is 3. The first kappa shape index (κ1) is 23.9. The number of methoxy groups -OCH3 is 3. The Hall–Kier alpha value is -3.74. The van der Waals surface area contributed by atoms with Gasteiger partial charge in [0.1, 0.15) is 0 Å². The van der Waals surface area contributed by atoms with Gasteiger partial charge in [-0.1, -0.05) is 42.5 Å². The highest BCUT2D eigenvalue weighted by Crippen LogP contribution is 2.38. The summed E-state index contributed by atoms with van der Waals surface area (Å²) in [5.41, 5.74) is 1.84. The Kier molecular flexibility index (Phi) is 8.13. The second-order valence-electron chi connectivity index (χ2n) is 7.55. The lowest BCUT2D eigenvalue weighted by atomic mass is 10.00. The van der Waals surface area contributed by atoms with Crippen molar-refractivity contribution >= 4 is 22.6 Å². The molecule has 0 aliphatic carbocycles. The van der Waals surface area contributed by atoms with Crippen LogP contribution in [0.5, 0.6) is 17.2 Å². The SMILES string of the molecule is COc1cc(CCC(=O)OCC(=O)NC(C)c2cccc3ccccc23)cc(OC)c1OC. The molecule has 3 aromatic rings. The van der Waals surface area contributed by atoms with Gasteiger partial charge < -0.3 is 24.3 Å². The van der Waals surface area contributed by atoms with E-state index < -0.39 is 5.97 Å². The zero-order valence-corrected chi connectivity index (χ0v) is 19.3. The molecule has 0 saturated carbocycles. The lowest BCUT2D eigenvalue weighted by molar-refractivity contribution is -0.148. The Morgan fingerprint density at radius 2 is 1.58 bits per heavy atom. The van der Waals surface area contributed by atoms with E-state index in [1.807, 2.05) is 49.4 Å². The summed E-state index contributed by atoms with van der Waals surface area (Å²) in [5, 5.41) is 5.08. The van der Waals surface area contributed by atoms with Crippen molar-refractivity contribution in [3.63, 3.8) is 0 Å². The van der Waals surface area contributed by atoms with E-state index >= 15 is 0 Å². The average Bonchev–Trinajstić information content (AvgIpc) is 2.84. The lowest BCUT2D eigenvalue weighted by Gasteiger charge is -2.17. The maximum atomic E-state index is 12.3. The number of amides is 1. The van der Waals surface area contributed by atoms with Gasteiger partial charge in [0.2, 0.25) is 5.75 Å². The van der Waals surface area contributed by atoms with Crippen molar-refractivity contribution in [3.05, 3.63) is 65.7 Å². The third-order valence-corrected chi connectivity index (χ3v) is 5.37. The molecule has 0 aliphatic rings. The summed E-state index contributed by atoms with van der Waals surface area (Å²) in [4.78, 5) is 24.5. The van der Waals surface area contributed by atoms with Gasteiger partial charge in [-0.05, 0) is 47.4 Å². The molecule has 7 nitrogen and oxygen atoms in total. The molecule has 0 spiro atoms. The standard InChI is InChI=1S/C26H29NO6/c1-17(20-11-7-9-19-8-5-6-10-21(19)20)27-24(28)16-33-25(29)13-12-18-14-22(30-2)26(32-4)23(15-18)31-3/h5-11,14-15,17H,12-13,16H2,1-4H3,(H,27,28). The molecule has 3 rings (SSSR count). The molecule has 0 saturated heterocycles. The van der Waals surface area contributed by atoms with E-state index in [0.717, 1.165) is 21.9 Å². The maximum Gasteiger partial charge on any atom is 0.306 e. The summed E-state index contributed by atoms with van der Waals surface area (Å²) in [6, 6.07) is 17.3. The summed E-state index contributed by atoms with van der Waals surface area (Å²) in [6.45, 7) is 1.58. The number of ether oxygens (including phenoxy) is 4. The van der Waals surface area contributed by atoms with Crippen LogP contribution in [0.2, 0.25) is 0 Å². The Bertz CT molecular complexity index is 1100. The Morgan fingerprint density at radius 3 is 2.24 bits per heavy atom. The quantitative estimate of drug-likeness (QED) is 0.465. The first-order chi connectivity index (χ1) is 16.0. The predicted molar refractivity (Wildman–Crippen MR) is 126 cm³/mol. The van der Waals surface area contributed by atoms with Crippen molar-refractivity contribution in [1.29, 1.82) is 0 Å². The van der Waals surface area contributed by atoms with Crippen molar-refractivity contribution in [1.82, 2.24) is 5.32 Å². The van der Waals surface area contributed by atoms with Crippen molar-refractivity contribution in [3.8, 4) is 17.2 Å². The maximum absolute atomic E-state index is 12.3. The zero-order chi connectivity index (χ0) is 23.8. The number of esters is 1. The molecule has 0 radical (unpaired) electrons. The molecule has 33 heavy (non-hydrogen) atoms. The molecule has 174 valence electrons. The van der Waals surface area contributed by atoms with Crippen LogP contribution in [0.4, 0.5) is 0 Å². The van der Waals surface area contributed by atoms with Gasteiger partial charge in [0.25, 0.3) is 5.91 Å². The third-order valence-electron chi connectivity index (χ3n) is 5.37. The second-order valence-corrected chi connectivity index (χ2v) is 7.55. The Labute approximate surface area is 193 Å². The summed E-state index contributed by atoms with van der Waals surface area (Å²) in [5.74, 6) is 0.709. The summed E-state index contributed by atoms with van der Waals surface area (Å²) >= 11 is 0. The van der Waals surface area contributed by atoms with Gasteiger partial charge in [-0.25, -0.2) is 0 Å². The van der Waals surface area contributed by atoms with E-state index in [1.54, 1.807) is 12.1 Å². The number of carbonyl (C=O) groups excluding carboxylic acids is 2. The van der Waals surface area contributed by atoms with Gasteiger partial charge in [0.15, 0.2) is 18.1 Å². The molecule has 7 heteroatoms. The molecule has 1 N–H and O–H groups in total. The minimum absolute atomic E-state index is 0.116. The van der Waals surface area contributed by atoms with Crippen LogP contribution in [-0.4, -0.2) is 39.8 Å². The van der Waals surface area contributed by atoms with Crippen LogP contribution in [0, 0.1) is 0 Å². The highest BCUT2D eigenvalue weighted by Gasteiger charge is 2.16. The number of carbonyl (C=O) groups is 2. The molecule has 1 atom stereocenters. The fourth-order valence-electron chi connectivity index (χ4n) is 3.73. The molecule has 1 unspecified atom stereocenters. The number of rotatable bonds is 10.